The Hall–Kier alpha value is -1.14. The fraction of sp³-hybridized carbons (Fsp3) is 0.857. The van der Waals surface area contributed by atoms with Gasteiger partial charge in [0.15, 0.2) is 0 Å². The predicted octanol–water partition coefficient (Wildman–Crippen LogP) is 0.570. The number of ether oxygens (including phenoxy) is 1. The monoisotopic (exact) mass is 286 g/mol. The van der Waals surface area contributed by atoms with Crippen LogP contribution in [0.15, 0.2) is 0 Å². The highest BCUT2D eigenvalue weighted by molar-refractivity contribution is 5.78. The summed E-state index contributed by atoms with van der Waals surface area (Å²) in [6, 6.07) is 0. The SMILES string of the molecule is CC(C)OCCCNC(=O)CN1CC(C(C)C(=O)O)C1. The van der Waals surface area contributed by atoms with E-state index in [0.29, 0.717) is 32.8 Å². The lowest BCUT2D eigenvalue weighted by Crippen LogP contribution is -2.53. The van der Waals surface area contributed by atoms with Gasteiger partial charge in [0.1, 0.15) is 0 Å². The molecule has 0 radical (unpaired) electrons. The molecule has 1 saturated heterocycles. The zero-order valence-electron chi connectivity index (χ0n) is 12.6. The van der Waals surface area contributed by atoms with E-state index >= 15 is 0 Å². The summed E-state index contributed by atoms with van der Waals surface area (Å²) in [5.74, 6) is -0.928. The molecule has 2 N–H and O–H groups in total. The van der Waals surface area contributed by atoms with Crippen molar-refractivity contribution < 1.29 is 19.4 Å². The van der Waals surface area contributed by atoms with E-state index in [2.05, 4.69) is 5.32 Å². The van der Waals surface area contributed by atoms with Crippen LogP contribution in [0.4, 0.5) is 0 Å². The van der Waals surface area contributed by atoms with Crippen LogP contribution in [0.2, 0.25) is 0 Å². The summed E-state index contributed by atoms with van der Waals surface area (Å²) in [6.07, 6.45) is 1.03. The van der Waals surface area contributed by atoms with Gasteiger partial charge in [0.05, 0.1) is 18.6 Å². The van der Waals surface area contributed by atoms with Crippen LogP contribution in [0.5, 0.6) is 0 Å². The van der Waals surface area contributed by atoms with Gasteiger partial charge in [0.2, 0.25) is 5.91 Å². The van der Waals surface area contributed by atoms with Crippen molar-refractivity contribution >= 4 is 11.9 Å². The Morgan fingerprint density at radius 1 is 1.35 bits per heavy atom. The minimum Gasteiger partial charge on any atom is -0.481 e. The predicted molar refractivity (Wildman–Crippen MR) is 75.4 cm³/mol. The van der Waals surface area contributed by atoms with E-state index in [-0.39, 0.29) is 23.8 Å². The van der Waals surface area contributed by atoms with Gasteiger partial charge >= 0.3 is 5.97 Å². The number of carbonyl (C=O) groups is 2. The standard InChI is InChI=1S/C14H26N2O4/c1-10(2)20-6-4-5-15-13(17)9-16-7-12(8-16)11(3)14(18)19/h10-12H,4-9H2,1-3H3,(H,15,17)(H,18,19). The quantitative estimate of drug-likeness (QED) is 0.606. The first-order chi connectivity index (χ1) is 9.40. The number of nitrogens with zero attached hydrogens (tertiary/aromatic N) is 1. The Kier molecular flexibility index (Phi) is 6.95. The van der Waals surface area contributed by atoms with E-state index in [1.165, 1.54) is 0 Å². The highest BCUT2D eigenvalue weighted by Crippen LogP contribution is 2.23. The Bertz CT molecular complexity index is 327. The number of carboxylic acid groups (broad SMARTS) is 1. The van der Waals surface area contributed by atoms with Crippen LogP contribution in [-0.4, -0.2) is 60.8 Å². The molecule has 1 rings (SSSR count). The highest BCUT2D eigenvalue weighted by atomic mass is 16.5. The van der Waals surface area contributed by atoms with Crippen molar-refractivity contribution in [3.8, 4) is 0 Å². The second-order valence-electron chi connectivity index (χ2n) is 5.70. The fourth-order valence-corrected chi connectivity index (χ4v) is 2.13. The van der Waals surface area contributed by atoms with Crippen LogP contribution in [0.1, 0.15) is 27.2 Å². The summed E-state index contributed by atoms with van der Waals surface area (Å²) in [6.45, 7) is 8.70. The second kappa shape index (κ2) is 8.21. The number of aliphatic carboxylic acids is 1. The summed E-state index contributed by atoms with van der Waals surface area (Å²) in [7, 11) is 0. The van der Waals surface area contributed by atoms with Crippen molar-refractivity contribution in [2.24, 2.45) is 11.8 Å². The zero-order valence-corrected chi connectivity index (χ0v) is 12.6. The third-order valence-corrected chi connectivity index (χ3v) is 3.54. The molecule has 0 spiro atoms. The van der Waals surface area contributed by atoms with Gasteiger partial charge in [-0.15, -0.1) is 0 Å². The van der Waals surface area contributed by atoms with E-state index < -0.39 is 5.97 Å². The summed E-state index contributed by atoms with van der Waals surface area (Å²) in [4.78, 5) is 24.4. The second-order valence-corrected chi connectivity index (χ2v) is 5.70. The van der Waals surface area contributed by atoms with Crippen molar-refractivity contribution in [2.75, 3.05) is 32.8 Å². The van der Waals surface area contributed by atoms with E-state index in [4.69, 9.17) is 9.84 Å². The fourth-order valence-electron chi connectivity index (χ4n) is 2.13. The number of carboxylic acids is 1. The van der Waals surface area contributed by atoms with Crippen LogP contribution in [0, 0.1) is 11.8 Å². The van der Waals surface area contributed by atoms with Gasteiger partial charge in [0.25, 0.3) is 0 Å². The average molecular weight is 286 g/mol. The number of amides is 1. The molecule has 1 heterocycles. The summed E-state index contributed by atoms with van der Waals surface area (Å²) >= 11 is 0. The third-order valence-electron chi connectivity index (χ3n) is 3.54. The number of likely N-dealkylation sites (tertiary alicyclic amines) is 1. The first kappa shape index (κ1) is 16.9. The molecule has 1 amide bonds. The minimum absolute atomic E-state index is 0.00373. The lowest BCUT2D eigenvalue weighted by Gasteiger charge is -2.40. The van der Waals surface area contributed by atoms with E-state index in [9.17, 15) is 9.59 Å². The molecular weight excluding hydrogens is 260 g/mol. The summed E-state index contributed by atoms with van der Waals surface area (Å²) < 4.78 is 5.38. The first-order valence-electron chi connectivity index (χ1n) is 7.23. The molecule has 0 aliphatic carbocycles. The average Bonchev–Trinajstić information content (AvgIpc) is 2.31. The van der Waals surface area contributed by atoms with Crippen molar-refractivity contribution in [1.29, 1.82) is 0 Å². The van der Waals surface area contributed by atoms with Gasteiger partial charge < -0.3 is 15.2 Å². The summed E-state index contributed by atoms with van der Waals surface area (Å²) in [5, 5.41) is 11.7. The van der Waals surface area contributed by atoms with Gasteiger partial charge in [-0.3, -0.25) is 14.5 Å². The van der Waals surface area contributed by atoms with Gasteiger partial charge in [-0.2, -0.15) is 0 Å². The van der Waals surface area contributed by atoms with Crippen molar-refractivity contribution in [3.05, 3.63) is 0 Å². The molecular formula is C14H26N2O4. The maximum Gasteiger partial charge on any atom is 0.306 e. The van der Waals surface area contributed by atoms with Crippen molar-refractivity contribution in [1.82, 2.24) is 10.2 Å². The van der Waals surface area contributed by atoms with Crippen LogP contribution >= 0.6 is 0 Å². The summed E-state index contributed by atoms with van der Waals surface area (Å²) in [5.41, 5.74) is 0. The molecule has 0 aromatic heterocycles. The smallest absolute Gasteiger partial charge is 0.306 e. The van der Waals surface area contributed by atoms with Crippen LogP contribution in [0.3, 0.4) is 0 Å². The van der Waals surface area contributed by atoms with E-state index in [1.807, 2.05) is 18.7 Å². The molecule has 6 heteroatoms. The molecule has 1 fully saturated rings. The molecule has 116 valence electrons. The number of nitrogens with one attached hydrogen (secondary N) is 1. The Balaban J connectivity index is 2.03. The third kappa shape index (κ3) is 5.88. The lowest BCUT2D eigenvalue weighted by atomic mass is 9.87. The van der Waals surface area contributed by atoms with Gasteiger partial charge in [-0.1, -0.05) is 6.92 Å². The van der Waals surface area contributed by atoms with Gasteiger partial charge in [0, 0.05) is 26.2 Å². The molecule has 1 aliphatic rings. The molecule has 1 unspecified atom stereocenters. The van der Waals surface area contributed by atoms with Crippen LogP contribution in [0.25, 0.3) is 0 Å². The lowest BCUT2D eigenvalue weighted by molar-refractivity contribution is -0.145. The van der Waals surface area contributed by atoms with Gasteiger partial charge in [-0.05, 0) is 26.2 Å². The maximum absolute atomic E-state index is 11.6. The molecule has 1 atom stereocenters. The Morgan fingerprint density at radius 2 is 2.00 bits per heavy atom. The minimum atomic E-state index is -0.760. The highest BCUT2D eigenvalue weighted by Gasteiger charge is 2.35. The topological polar surface area (TPSA) is 78.9 Å². The maximum atomic E-state index is 11.6. The normalized spacial score (nSPS) is 17.8. The van der Waals surface area contributed by atoms with Crippen molar-refractivity contribution in [3.63, 3.8) is 0 Å². The van der Waals surface area contributed by atoms with Crippen LogP contribution < -0.4 is 5.32 Å². The van der Waals surface area contributed by atoms with Crippen molar-refractivity contribution in [2.45, 2.75) is 33.3 Å². The number of carbonyl (C=O) groups excluding carboxylic acids is 1. The van der Waals surface area contributed by atoms with Gasteiger partial charge in [-0.25, -0.2) is 0 Å². The Labute approximate surface area is 120 Å². The molecule has 6 nitrogen and oxygen atoms in total. The molecule has 0 aromatic rings. The molecule has 0 aromatic carbocycles. The largest absolute Gasteiger partial charge is 0.481 e. The first-order valence-corrected chi connectivity index (χ1v) is 7.23. The molecule has 1 aliphatic heterocycles. The molecule has 0 bridgehead atoms. The van der Waals surface area contributed by atoms with Crippen LogP contribution in [-0.2, 0) is 14.3 Å². The molecule has 20 heavy (non-hydrogen) atoms. The number of hydrogen-bond donors (Lipinski definition) is 2. The van der Waals surface area contributed by atoms with E-state index in [1.54, 1.807) is 6.92 Å². The number of hydrogen-bond acceptors (Lipinski definition) is 4. The number of rotatable bonds is 9. The Morgan fingerprint density at radius 3 is 2.55 bits per heavy atom. The zero-order chi connectivity index (χ0) is 15.1. The van der Waals surface area contributed by atoms with E-state index in [0.717, 1.165) is 6.42 Å². The molecule has 0 saturated carbocycles.